The molecule has 0 aliphatic heterocycles. The van der Waals surface area contributed by atoms with Crippen molar-refractivity contribution in [2.45, 2.75) is 32.6 Å². The maximum atomic E-state index is 5.43. The Morgan fingerprint density at radius 3 is 2.67 bits per heavy atom. The summed E-state index contributed by atoms with van der Waals surface area (Å²) < 4.78 is 5.08. The molecule has 0 aromatic heterocycles. The van der Waals surface area contributed by atoms with Gasteiger partial charge in [-0.05, 0) is 6.42 Å². The van der Waals surface area contributed by atoms with E-state index in [1.54, 1.807) is 0 Å². The van der Waals surface area contributed by atoms with Crippen LogP contribution in [0.1, 0.15) is 32.6 Å². The summed E-state index contributed by atoms with van der Waals surface area (Å²) in [6.07, 6.45) is 5.10. The molecule has 3 heteroatoms. The van der Waals surface area contributed by atoms with Crippen LogP contribution in [0.2, 0.25) is 0 Å². The van der Waals surface area contributed by atoms with E-state index >= 15 is 0 Å². The number of halogens is 1. The van der Waals surface area contributed by atoms with Gasteiger partial charge in [0.15, 0.2) is 0 Å². The highest BCUT2D eigenvalue weighted by atomic mass is 35.6. The van der Waals surface area contributed by atoms with Crippen LogP contribution in [0.5, 0.6) is 0 Å². The highest BCUT2D eigenvalue weighted by Gasteiger charge is 1.88. The molecule has 0 aromatic carbocycles. The third-order valence-electron chi connectivity index (χ3n) is 1.22. The van der Waals surface area contributed by atoms with Gasteiger partial charge in [0.2, 0.25) is 0 Å². The van der Waals surface area contributed by atoms with E-state index in [0.29, 0.717) is 0 Å². The lowest BCUT2D eigenvalue weighted by Gasteiger charge is -1.98. The summed E-state index contributed by atoms with van der Waals surface area (Å²) in [5.41, 5.74) is 0. The molecule has 0 bridgehead atoms. The zero-order valence-electron chi connectivity index (χ0n) is 6.03. The normalized spacial score (nSPS) is 9.56. The van der Waals surface area contributed by atoms with Gasteiger partial charge in [0.05, 0.1) is 0 Å². The fraction of sp³-hybridized carbons (Fsp3) is 1.00. The molecule has 54 valence electrons. The predicted octanol–water partition coefficient (Wildman–Crippen LogP) is 2.09. The molecule has 0 rings (SSSR count). The van der Waals surface area contributed by atoms with Gasteiger partial charge in [-0.25, -0.2) is 10.0 Å². The minimum absolute atomic E-state index is 0.648. The van der Waals surface area contributed by atoms with E-state index in [-0.39, 0.29) is 0 Å². The minimum Gasteiger partial charge on any atom is -0.492 e. The van der Waals surface area contributed by atoms with Crippen molar-refractivity contribution in [1.29, 1.82) is 0 Å². The average Bonchev–Trinajstić information content (AvgIpc) is 1.89. The highest BCUT2D eigenvalue weighted by molar-refractivity contribution is 6.89. The van der Waals surface area contributed by atoms with Crippen LogP contribution in [0.15, 0.2) is 0 Å². The SMILES string of the molecule is CCCCCC[O][AlH][Cl]. The standard InChI is InChI=1S/C6H13O.Al.ClH.H/c1-2-3-4-5-6-7;;;/h2-6H2,1H3;;1H;/q-1;+2;;/p-1. The van der Waals surface area contributed by atoms with Crippen molar-refractivity contribution in [3.05, 3.63) is 0 Å². The summed E-state index contributed by atoms with van der Waals surface area (Å²) in [6, 6.07) is 0. The van der Waals surface area contributed by atoms with E-state index in [0.717, 1.165) is 6.61 Å². The van der Waals surface area contributed by atoms with Crippen LogP contribution >= 0.6 is 10.0 Å². The Bertz CT molecular complexity index is 46.3. The lowest BCUT2D eigenvalue weighted by molar-refractivity contribution is 0.330. The smallest absolute Gasteiger partial charge is 0.492 e. The van der Waals surface area contributed by atoms with Crippen LogP contribution < -0.4 is 0 Å². The Morgan fingerprint density at radius 1 is 1.33 bits per heavy atom. The van der Waals surface area contributed by atoms with Gasteiger partial charge in [0.25, 0.3) is 0 Å². The van der Waals surface area contributed by atoms with Crippen molar-refractivity contribution in [1.82, 2.24) is 0 Å². The molecule has 0 fully saturated rings. The molecule has 9 heavy (non-hydrogen) atoms. The van der Waals surface area contributed by atoms with Crippen LogP contribution in [-0.4, -0.2) is 21.2 Å². The third-order valence-corrected chi connectivity index (χ3v) is 2.13. The van der Waals surface area contributed by atoms with E-state index in [9.17, 15) is 0 Å². The summed E-state index contributed by atoms with van der Waals surface area (Å²) in [7, 11) is 5.43. The molecule has 0 spiro atoms. The van der Waals surface area contributed by atoms with E-state index in [2.05, 4.69) is 6.92 Å². The summed E-state index contributed by atoms with van der Waals surface area (Å²) >= 11 is -0.648. The monoisotopic (exact) mass is 164 g/mol. The second kappa shape index (κ2) is 8.78. The first-order chi connectivity index (χ1) is 4.41. The fourth-order valence-corrected chi connectivity index (χ4v) is 1.33. The second-order valence-corrected chi connectivity index (χ2v) is 3.36. The van der Waals surface area contributed by atoms with Crippen molar-refractivity contribution < 1.29 is 3.79 Å². The first kappa shape index (κ1) is 9.78. The Hall–Kier alpha value is 0.782. The maximum Gasteiger partial charge on any atom is 0.566 e. The van der Waals surface area contributed by atoms with Gasteiger partial charge in [-0.1, -0.05) is 26.2 Å². The van der Waals surface area contributed by atoms with Crippen molar-refractivity contribution in [2.75, 3.05) is 6.61 Å². The quantitative estimate of drug-likeness (QED) is 0.432. The number of hydrogen-bond acceptors (Lipinski definition) is 1. The molecular formula is C6H14AlClO. The summed E-state index contributed by atoms with van der Waals surface area (Å²) in [5.74, 6) is 0. The van der Waals surface area contributed by atoms with Crippen LogP contribution in [0.4, 0.5) is 0 Å². The zero-order chi connectivity index (χ0) is 6.95. The van der Waals surface area contributed by atoms with Gasteiger partial charge in [-0.2, -0.15) is 0 Å². The second-order valence-electron chi connectivity index (χ2n) is 2.08. The van der Waals surface area contributed by atoms with Crippen LogP contribution in [0.25, 0.3) is 0 Å². The molecule has 1 nitrogen and oxygen atoms in total. The lowest BCUT2D eigenvalue weighted by atomic mass is 10.2. The molecule has 0 saturated carbocycles. The maximum absolute atomic E-state index is 5.43. The van der Waals surface area contributed by atoms with Gasteiger partial charge in [0, 0.05) is 6.61 Å². The first-order valence-corrected chi connectivity index (χ1v) is 6.27. The third kappa shape index (κ3) is 8.78. The molecule has 0 aliphatic rings. The highest BCUT2D eigenvalue weighted by Crippen LogP contribution is 1.98. The Morgan fingerprint density at radius 2 is 2.11 bits per heavy atom. The lowest BCUT2D eigenvalue weighted by Crippen LogP contribution is -1.93. The topological polar surface area (TPSA) is 9.23 Å². The number of rotatable bonds is 6. The first-order valence-electron chi connectivity index (χ1n) is 3.55. The van der Waals surface area contributed by atoms with E-state index in [1.165, 1.54) is 25.7 Å². The predicted molar refractivity (Wildman–Crippen MR) is 43.1 cm³/mol. The van der Waals surface area contributed by atoms with Crippen LogP contribution in [-0.2, 0) is 3.79 Å². The van der Waals surface area contributed by atoms with Gasteiger partial charge < -0.3 is 3.79 Å². The van der Waals surface area contributed by atoms with Crippen LogP contribution in [0.3, 0.4) is 0 Å². The van der Waals surface area contributed by atoms with Crippen molar-refractivity contribution in [3.8, 4) is 0 Å². The number of unbranched alkanes of at least 4 members (excludes halogenated alkanes) is 3. The van der Waals surface area contributed by atoms with Crippen molar-refractivity contribution in [2.24, 2.45) is 0 Å². The molecule has 0 heterocycles. The molecule has 0 saturated heterocycles. The molecule has 0 atom stereocenters. The van der Waals surface area contributed by atoms with Gasteiger partial charge in [0.1, 0.15) is 0 Å². The van der Waals surface area contributed by atoms with Gasteiger partial charge in [-0.15, -0.1) is 0 Å². The average molecular weight is 165 g/mol. The number of hydrogen-bond donors (Lipinski definition) is 0. The van der Waals surface area contributed by atoms with E-state index in [4.69, 9.17) is 13.8 Å². The minimum atomic E-state index is -0.648. The molecule has 0 N–H and O–H groups in total. The summed E-state index contributed by atoms with van der Waals surface area (Å²) in [6.45, 7) is 3.09. The summed E-state index contributed by atoms with van der Waals surface area (Å²) in [5, 5.41) is 0. The molecule has 0 unspecified atom stereocenters. The largest absolute Gasteiger partial charge is 0.566 e. The Kier molecular flexibility index (Phi) is 9.55. The van der Waals surface area contributed by atoms with Gasteiger partial charge in [-0.3, -0.25) is 0 Å². The Balaban J connectivity index is 2.60. The zero-order valence-corrected chi connectivity index (χ0v) is 8.20. The molecular weight excluding hydrogens is 150 g/mol. The van der Waals surface area contributed by atoms with Crippen LogP contribution in [0, 0.1) is 0 Å². The molecule has 0 amide bonds. The fourth-order valence-electron chi connectivity index (χ4n) is 0.685. The molecule has 0 radical (unpaired) electrons. The van der Waals surface area contributed by atoms with Crippen molar-refractivity contribution >= 4 is 24.7 Å². The summed E-state index contributed by atoms with van der Waals surface area (Å²) in [4.78, 5) is 0. The van der Waals surface area contributed by atoms with Gasteiger partial charge >= 0.3 is 14.6 Å². The van der Waals surface area contributed by atoms with E-state index in [1.807, 2.05) is 0 Å². The Labute approximate surface area is 68.0 Å². The van der Waals surface area contributed by atoms with E-state index < -0.39 is 14.6 Å². The molecule has 0 aromatic rings. The molecule has 0 aliphatic carbocycles. The van der Waals surface area contributed by atoms with Crippen molar-refractivity contribution in [3.63, 3.8) is 0 Å².